The number of benzene rings is 1. The molecule has 0 unspecified atom stereocenters. The van der Waals surface area contributed by atoms with Crippen molar-refractivity contribution < 1.29 is 14.3 Å². The molecule has 25 heavy (non-hydrogen) atoms. The SMILES string of the molecule is CN(C)CCOc1ccc(NC(=O)c2n[nH]c3c2C(=O)CCC3)cc1. The van der Waals surface area contributed by atoms with Crippen molar-refractivity contribution in [2.24, 2.45) is 0 Å². The minimum Gasteiger partial charge on any atom is -0.492 e. The van der Waals surface area contributed by atoms with Crippen LogP contribution in [0.2, 0.25) is 0 Å². The largest absolute Gasteiger partial charge is 0.492 e. The monoisotopic (exact) mass is 342 g/mol. The maximum absolute atomic E-state index is 12.4. The van der Waals surface area contributed by atoms with Crippen LogP contribution < -0.4 is 10.1 Å². The summed E-state index contributed by atoms with van der Waals surface area (Å²) in [6.45, 7) is 1.43. The molecule has 2 N–H and O–H groups in total. The van der Waals surface area contributed by atoms with E-state index in [-0.39, 0.29) is 17.4 Å². The van der Waals surface area contributed by atoms with Crippen molar-refractivity contribution in [3.63, 3.8) is 0 Å². The fourth-order valence-corrected chi connectivity index (χ4v) is 2.75. The summed E-state index contributed by atoms with van der Waals surface area (Å²) in [6.07, 6.45) is 2.01. The molecule has 0 fully saturated rings. The first-order chi connectivity index (χ1) is 12.0. The number of amides is 1. The van der Waals surface area contributed by atoms with Crippen LogP contribution in [0.3, 0.4) is 0 Å². The standard InChI is InChI=1S/C18H22N4O3/c1-22(2)10-11-25-13-8-6-12(7-9-13)19-18(24)17-16-14(20-21-17)4-3-5-15(16)23/h6-9H,3-5,10-11H2,1-2H3,(H,19,24)(H,20,21). The molecule has 132 valence electrons. The molecule has 1 aromatic heterocycles. The molecule has 1 heterocycles. The number of likely N-dealkylation sites (N-methyl/N-ethyl adjacent to an activating group) is 1. The Hall–Kier alpha value is -2.67. The van der Waals surface area contributed by atoms with Gasteiger partial charge in [0.05, 0.1) is 5.56 Å². The molecular formula is C18H22N4O3. The van der Waals surface area contributed by atoms with Crippen molar-refractivity contribution in [1.29, 1.82) is 0 Å². The molecule has 1 aromatic carbocycles. The van der Waals surface area contributed by atoms with Crippen LogP contribution in [0.4, 0.5) is 5.69 Å². The summed E-state index contributed by atoms with van der Waals surface area (Å²) in [5, 5.41) is 9.62. The van der Waals surface area contributed by atoms with Crippen LogP contribution in [0.25, 0.3) is 0 Å². The van der Waals surface area contributed by atoms with Gasteiger partial charge in [-0.2, -0.15) is 5.10 Å². The third kappa shape index (κ3) is 4.06. The van der Waals surface area contributed by atoms with E-state index in [9.17, 15) is 9.59 Å². The quantitative estimate of drug-likeness (QED) is 0.840. The van der Waals surface area contributed by atoms with Gasteiger partial charge in [0.15, 0.2) is 11.5 Å². The first-order valence-electron chi connectivity index (χ1n) is 8.34. The molecule has 7 nitrogen and oxygen atoms in total. The topological polar surface area (TPSA) is 87.3 Å². The first kappa shape index (κ1) is 17.2. The summed E-state index contributed by atoms with van der Waals surface area (Å²) in [5.41, 5.74) is 1.99. The lowest BCUT2D eigenvalue weighted by Gasteiger charge is -2.12. The highest BCUT2D eigenvalue weighted by molar-refractivity contribution is 6.12. The number of carbonyl (C=O) groups excluding carboxylic acids is 2. The van der Waals surface area contributed by atoms with Crippen molar-refractivity contribution in [2.45, 2.75) is 19.3 Å². The van der Waals surface area contributed by atoms with E-state index >= 15 is 0 Å². The Morgan fingerprint density at radius 2 is 2.04 bits per heavy atom. The summed E-state index contributed by atoms with van der Waals surface area (Å²) in [5.74, 6) is 0.339. The zero-order valence-corrected chi connectivity index (χ0v) is 14.5. The molecule has 0 saturated carbocycles. The molecule has 1 aliphatic rings. The number of aryl methyl sites for hydroxylation is 1. The highest BCUT2D eigenvalue weighted by Crippen LogP contribution is 2.23. The highest BCUT2D eigenvalue weighted by Gasteiger charge is 2.27. The first-order valence-corrected chi connectivity index (χ1v) is 8.34. The summed E-state index contributed by atoms with van der Waals surface area (Å²) in [6, 6.07) is 7.14. The molecule has 1 aliphatic carbocycles. The maximum Gasteiger partial charge on any atom is 0.276 e. The number of nitrogens with one attached hydrogen (secondary N) is 2. The Morgan fingerprint density at radius 3 is 2.76 bits per heavy atom. The molecule has 0 radical (unpaired) electrons. The van der Waals surface area contributed by atoms with Gasteiger partial charge in [0, 0.05) is 24.3 Å². The average Bonchev–Trinajstić information content (AvgIpc) is 3.02. The number of fused-ring (bicyclic) bond motifs is 1. The van der Waals surface area contributed by atoms with Gasteiger partial charge in [-0.3, -0.25) is 14.7 Å². The Labute approximate surface area is 146 Å². The van der Waals surface area contributed by atoms with Crippen LogP contribution in [0.15, 0.2) is 24.3 Å². The van der Waals surface area contributed by atoms with Crippen molar-refractivity contribution in [3.8, 4) is 5.75 Å². The molecule has 2 aromatic rings. The van der Waals surface area contributed by atoms with Gasteiger partial charge in [-0.25, -0.2) is 0 Å². The Morgan fingerprint density at radius 1 is 1.28 bits per heavy atom. The zero-order chi connectivity index (χ0) is 17.8. The number of ether oxygens (including phenoxy) is 1. The minimum absolute atomic E-state index is 0.0233. The van der Waals surface area contributed by atoms with E-state index in [4.69, 9.17) is 4.74 Å². The van der Waals surface area contributed by atoms with E-state index < -0.39 is 0 Å². The van der Waals surface area contributed by atoms with E-state index in [1.54, 1.807) is 24.3 Å². The van der Waals surface area contributed by atoms with E-state index in [2.05, 4.69) is 15.5 Å². The van der Waals surface area contributed by atoms with Gasteiger partial charge < -0.3 is 15.0 Å². The van der Waals surface area contributed by atoms with Gasteiger partial charge in [0.1, 0.15) is 12.4 Å². The number of aromatic amines is 1. The molecule has 0 bridgehead atoms. The number of hydrogen-bond donors (Lipinski definition) is 2. The number of hydrogen-bond acceptors (Lipinski definition) is 5. The van der Waals surface area contributed by atoms with Crippen LogP contribution in [0.5, 0.6) is 5.75 Å². The van der Waals surface area contributed by atoms with Crippen LogP contribution in [-0.2, 0) is 6.42 Å². The van der Waals surface area contributed by atoms with E-state index in [1.165, 1.54) is 0 Å². The van der Waals surface area contributed by atoms with Gasteiger partial charge >= 0.3 is 0 Å². The highest BCUT2D eigenvalue weighted by atomic mass is 16.5. The molecule has 0 saturated heterocycles. The van der Waals surface area contributed by atoms with Crippen LogP contribution >= 0.6 is 0 Å². The number of nitrogens with zero attached hydrogens (tertiary/aromatic N) is 2. The fourth-order valence-electron chi connectivity index (χ4n) is 2.75. The van der Waals surface area contributed by atoms with E-state index in [0.717, 1.165) is 30.8 Å². The number of ketones is 1. The predicted octanol–water partition coefficient (Wildman–Crippen LogP) is 2.12. The fraction of sp³-hybridized carbons (Fsp3) is 0.389. The lowest BCUT2D eigenvalue weighted by atomic mass is 9.94. The second kappa shape index (κ2) is 7.48. The Kier molecular flexibility index (Phi) is 5.14. The van der Waals surface area contributed by atoms with Crippen molar-refractivity contribution in [3.05, 3.63) is 41.2 Å². The summed E-state index contributed by atoms with van der Waals surface area (Å²) < 4.78 is 5.62. The van der Waals surface area contributed by atoms with Crippen molar-refractivity contribution in [2.75, 3.05) is 32.6 Å². The average molecular weight is 342 g/mol. The molecule has 3 rings (SSSR count). The minimum atomic E-state index is -0.381. The van der Waals surface area contributed by atoms with Crippen LogP contribution in [-0.4, -0.2) is 54.0 Å². The molecule has 7 heteroatoms. The second-order valence-corrected chi connectivity index (χ2v) is 6.33. The third-order valence-corrected chi connectivity index (χ3v) is 4.09. The van der Waals surface area contributed by atoms with Crippen molar-refractivity contribution >= 4 is 17.4 Å². The van der Waals surface area contributed by atoms with Crippen molar-refractivity contribution in [1.82, 2.24) is 15.1 Å². The van der Waals surface area contributed by atoms with E-state index in [1.807, 2.05) is 19.0 Å². The molecule has 0 atom stereocenters. The zero-order valence-electron chi connectivity index (χ0n) is 14.5. The number of H-pyrrole nitrogens is 1. The van der Waals surface area contributed by atoms with Crippen LogP contribution in [0.1, 0.15) is 39.4 Å². The number of carbonyl (C=O) groups is 2. The lowest BCUT2D eigenvalue weighted by Crippen LogP contribution is -2.19. The number of rotatable bonds is 6. The number of anilines is 1. The molecule has 0 spiro atoms. The van der Waals surface area contributed by atoms with Gasteiger partial charge in [-0.15, -0.1) is 0 Å². The lowest BCUT2D eigenvalue weighted by molar-refractivity contribution is 0.0955. The van der Waals surface area contributed by atoms with Crippen LogP contribution in [0, 0.1) is 0 Å². The van der Waals surface area contributed by atoms with Gasteiger partial charge in [0.2, 0.25) is 0 Å². The number of aromatic nitrogens is 2. The Bertz CT molecular complexity index is 765. The predicted molar refractivity (Wildman–Crippen MR) is 94.3 cm³/mol. The third-order valence-electron chi connectivity index (χ3n) is 4.09. The molecule has 1 amide bonds. The smallest absolute Gasteiger partial charge is 0.276 e. The summed E-state index contributed by atoms with van der Waals surface area (Å²) in [4.78, 5) is 26.5. The molecular weight excluding hydrogens is 320 g/mol. The molecule has 0 aliphatic heterocycles. The number of Topliss-reactive ketones (excluding diaryl/α,β-unsaturated/α-hetero) is 1. The summed E-state index contributed by atoms with van der Waals surface area (Å²) >= 11 is 0. The Balaban J connectivity index is 1.64. The summed E-state index contributed by atoms with van der Waals surface area (Å²) in [7, 11) is 3.97. The van der Waals surface area contributed by atoms with Gasteiger partial charge in [-0.05, 0) is 51.2 Å². The van der Waals surface area contributed by atoms with E-state index in [0.29, 0.717) is 24.3 Å². The van der Waals surface area contributed by atoms with Gasteiger partial charge in [-0.1, -0.05) is 0 Å². The van der Waals surface area contributed by atoms with Gasteiger partial charge in [0.25, 0.3) is 5.91 Å². The normalized spacial score (nSPS) is 13.6. The second-order valence-electron chi connectivity index (χ2n) is 6.33. The maximum atomic E-state index is 12.4.